The van der Waals surface area contributed by atoms with Crippen molar-refractivity contribution in [1.82, 2.24) is 10.2 Å². The maximum absolute atomic E-state index is 12.2. The van der Waals surface area contributed by atoms with Crippen LogP contribution < -0.4 is 5.32 Å². The molecule has 3 rings (SSSR count). The van der Waals surface area contributed by atoms with Crippen molar-refractivity contribution in [3.8, 4) is 5.75 Å². The second-order valence-electron chi connectivity index (χ2n) is 7.46. The lowest BCUT2D eigenvalue weighted by molar-refractivity contribution is -0.122. The van der Waals surface area contributed by atoms with Gasteiger partial charge in [-0.25, -0.2) is 0 Å². The number of aliphatic hydroxyl groups excluding tert-OH is 1. The Balaban J connectivity index is 1.38. The van der Waals surface area contributed by atoms with Crippen LogP contribution in [0.4, 0.5) is 0 Å². The summed E-state index contributed by atoms with van der Waals surface area (Å²) in [6, 6.07) is 7.60. The fourth-order valence-electron chi connectivity index (χ4n) is 4.11. The van der Waals surface area contributed by atoms with Gasteiger partial charge in [-0.05, 0) is 49.8 Å². The lowest BCUT2D eigenvalue weighted by Gasteiger charge is -2.41. The number of likely N-dealkylation sites (tertiary alicyclic amines) is 1. The van der Waals surface area contributed by atoms with Crippen molar-refractivity contribution < 1.29 is 15.0 Å². The number of aryl methyl sites for hydroxylation is 1. The molecule has 1 saturated carbocycles. The molecule has 0 radical (unpaired) electrons. The van der Waals surface area contributed by atoms with Gasteiger partial charge < -0.3 is 15.5 Å². The summed E-state index contributed by atoms with van der Waals surface area (Å²) in [6.45, 7) is 1.93. The number of aromatic hydroxyl groups is 1. The molecular formula is C20H30N2O3. The first-order valence-corrected chi connectivity index (χ1v) is 9.61. The maximum atomic E-state index is 12.2. The summed E-state index contributed by atoms with van der Waals surface area (Å²) < 4.78 is 0. The van der Waals surface area contributed by atoms with E-state index in [-0.39, 0.29) is 23.8 Å². The number of benzene rings is 1. The molecule has 1 saturated heterocycles. The average molecular weight is 346 g/mol. The number of phenolic OH excluding ortho intramolecular Hbond substituents is 1. The Bertz CT molecular complexity index is 553. The van der Waals surface area contributed by atoms with Crippen LogP contribution in [0.25, 0.3) is 0 Å². The zero-order valence-corrected chi connectivity index (χ0v) is 14.9. The third-order valence-electron chi connectivity index (χ3n) is 5.63. The number of aliphatic hydroxyl groups is 1. The second kappa shape index (κ2) is 8.68. The number of carbonyl (C=O) groups excluding carboxylic acids is 1. The van der Waals surface area contributed by atoms with Crippen molar-refractivity contribution in [3.05, 3.63) is 29.8 Å². The Morgan fingerprint density at radius 3 is 2.44 bits per heavy atom. The monoisotopic (exact) mass is 346 g/mol. The van der Waals surface area contributed by atoms with Gasteiger partial charge in [0, 0.05) is 31.6 Å². The predicted molar refractivity (Wildman–Crippen MR) is 97.4 cm³/mol. The summed E-state index contributed by atoms with van der Waals surface area (Å²) in [6.07, 6.45) is 7.32. The van der Waals surface area contributed by atoms with E-state index in [1.807, 2.05) is 12.1 Å². The molecule has 5 heteroatoms. The number of hydrogen-bond acceptors (Lipinski definition) is 4. The van der Waals surface area contributed by atoms with E-state index >= 15 is 0 Å². The first-order valence-electron chi connectivity index (χ1n) is 9.61. The molecule has 138 valence electrons. The van der Waals surface area contributed by atoms with E-state index in [1.165, 1.54) is 6.42 Å². The molecule has 0 unspecified atom stereocenters. The minimum atomic E-state index is -0.176. The number of nitrogens with one attached hydrogen (secondary N) is 1. The summed E-state index contributed by atoms with van der Waals surface area (Å²) in [7, 11) is 0. The Morgan fingerprint density at radius 2 is 1.76 bits per heavy atom. The lowest BCUT2D eigenvalue weighted by atomic mass is 9.89. The van der Waals surface area contributed by atoms with Gasteiger partial charge in [0.15, 0.2) is 0 Å². The van der Waals surface area contributed by atoms with Gasteiger partial charge in [0.2, 0.25) is 5.91 Å². The highest BCUT2D eigenvalue weighted by Gasteiger charge is 2.31. The molecule has 1 aliphatic heterocycles. The number of phenols is 1. The van der Waals surface area contributed by atoms with E-state index in [4.69, 9.17) is 0 Å². The molecule has 1 heterocycles. The van der Waals surface area contributed by atoms with Crippen molar-refractivity contribution in [2.75, 3.05) is 13.1 Å². The maximum Gasteiger partial charge on any atom is 0.220 e. The summed E-state index contributed by atoms with van der Waals surface area (Å²) in [5.74, 6) is 0.354. The van der Waals surface area contributed by atoms with Crippen LogP contribution in [0.3, 0.4) is 0 Å². The molecule has 1 aliphatic carbocycles. The fraction of sp³-hybridized carbons (Fsp3) is 0.650. The fourth-order valence-corrected chi connectivity index (χ4v) is 4.11. The molecule has 0 aromatic heterocycles. The van der Waals surface area contributed by atoms with Crippen LogP contribution in [0.2, 0.25) is 0 Å². The molecule has 1 aromatic rings. The van der Waals surface area contributed by atoms with Crippen LogP contribution in [0.1, 0.15) is 50.5 Å². The third-order valence-corrected chi connectivity index (χ3v) is 5.63. The topological polar surface area (TPSA) is 72.8 Å². The van der Waals surface area contributed by atoms with Crippen LogP contribution in [-0.4, -0.2) is 52.3 Å². The van der Waals surface area contributed by atoms with Gasteiger partial charge in [-0.2, -0.15) is 0 Å². The molecule has 25 heavy (non-hydrogen) atoms. The summed E-state index contributed by atoms with van der Waals surface area (Å²) in [5, 5.41) is 22.6. The van der Waals surface area contributed by atoms with E-state index in [9.17, 15) is 15.0 Å². The van der Waals surface area contributed by atoms with Crippen molar-refractivity contribution in [2.24, 2.45) is 0 Å². The highest BCUT2D eigenvalue weighted by molar-refractivity contribution is 5.76. The minimum absolute atomic E-state index is 0.101. The summed E-state index contributed by atoms with van der Waals surface area (Å²) >= 11 is 0. The number of rotatable bonds is 5. The highest BCUT2D eigenvalue weighted by Crippen LogP contribution is 2.26. The SMILES string of the molecule is O=C(CCc1ccc(O)cc1)NC1CCN([C@@H]2CCCC[C@H]2O)CC1. The standard InChI is InChI=1S/C20H30N2O3/c23-17-8-5-15(6-9-17)7-10-20(25)21-16-11-13-22(14-12-16)18-3-1-2-4-19(18)24/h5-6,8-9,16,18-19,23-24H,1-4,7,10-14H2,(H,21,25)/t18-,19-/m1/s1. The van der Waals surface area contributed by atoms with Gasteiger partial charge in [0.25, 0.3) is 0 Å². The first-order chi connectivity index (χ1) is 12.1. The summed E-state index contributed by atoms with van der Waals surface area (Å²) in [5.41, 5.74) is 1.06. The van der Waals surface area contributed by atoms with Gasteiger partial charge in [-0.1, -0.05) is 25.0 Å². The lowest BCUT2D eigenvalue weighted by Crippen LogP contribution is -2.52. The van der Waals surface area contributed by atoms with E-state index in [0.717, 1.165) is 50.8 Å². The van der Waals surface area contributed by atoms with E-state index in [0.29, 0.717) is 18.9 Å². The molecule has 3 N–H and O–H groups in total. The zero-order valence-electron chi connectivity index (χ0n) is 14.9. The number of hydrogen-bond donors (Lipinski definition) is 3. The van der Waals surface area contributed by atoms with Crippen LogP contribution in [0, 0.1) is 0 Å². The third kappa shape index (κ3) is 5.19. The van der Waals surface area contributed by atoms with Crippen molar-refractivity contribution in [3.63, 3.8) is 0 Å². The molecule has 0 bridgehead atoms. The molecule has 2 fully saturated rings. The molecule has 5 nitrogen and oxygen atoms in total. The van der Waals surface area contributed by atoms with Crippen LogP contribution in [0.15, 0.2) is 24.3 Å². The van der Waals surface area contributed by atoms with Crippen LogP contribution >= 0.6 is 0 Å². The Morgan fingerprint density at radius 1 is 1.08 bits per heavy atom. The van der Waals surface area contributed by atoms with E-state index < -0.39 is 0 Å². The molecule has 2 atom stereocenters. The zero-order chi connectivity index (χ0) is 17.6. The van der Waals surface area contributed by atoms with Crippen molar-refractivity contribution >= 4 is 5.91 Å². The molecule has 1 amide bonds. The smallest absolute Gasteiger partial charge is 0.220 e. The van der Waals surface area contributed by atoms with Crippen molar-refractivity contribution in [1.29, 1.82) is 0 Å². The average Bonchev–Trinajstić information content (AvgIpc) is 2.62. The van der Waals surface area contributed by atoms with Gasteiger partial charge in [-0.3, -0.25) is 9.69 Å². The first kappa shape index (κ1) is 18.2. The second-order valence-corrected chi connectivity index (χ2v) is 7.46. The Labute approximate surface area is 150 Å². The van der Waals surface area contributed by atoms with Crippen LogP contribution in [-0.2, 0) is 11.2 Å². The van der Waals surface area contributed by atoms with Gasteiger partial charge in [0.1, 0.15) is 5.75 Å². The number of nitrogens with zero attached hydrogens (tertiary/aromatic N) is 1. The molecule has 2 aliphatic rings. The molecule has 0 spiro atoms. The number of piperidine rings is 1. The normalized spacial score (nSPS) is 25.6. The van der Waals surface area contributed by atoms with Gasteiger partial charge in [0.05, 0.1) is 6.10 Å². The summed E-state index contributed by atoms with van der Waals surface area (Å²) in [4.78, 5) is 14.6. The van der Waals surface area contributed by atoms with E-state index in [1.54, 1.807) is 12.1 Å². The Hall–Kier alpha value is -1.59. The van der Waals surface area contributed by atoms with Crippen molar-refractivity contribution in [2.45, 2.75) is 69.6 Å². The predicted octanol–water partition coefficient (Wildman–Crippen LogP) is 2.21. The quantitative estimate of drug-likeness (QED) is 0.764. The number of amides is 1. The van der Waals surface area contributed by atoms with Crippen LogP contribution in [0.5, 0.6) is 5.75 Å². The highest BCUT2D eigenvalue weighted by atomic mass is 16.3. The largest absolute Gasteiger partial charge is 0.508 e. The molecular weight excluding hydrogens is 316 g/mol. The Kier molecular flexibility index (Phi) is 6.32. The minimum Gasteiger partial charge on any atom is -0.508 e. The van der Waals surface area contributed by atoms with Gasteiger partial charge >= 0.3 is 0 Å². The van der Waals surface area contributed by atoms with Gasteiger partial charge in [-0.15, -0.1) is 0 Å². The molecule has 1 aromatic carbocycles. The van der Waals surface area contributed by atoms with E-state index in [2.05, 4.69) is 10.2 Å². The number of carbonyl (C=O) groups is 1.